The molecule has 0 aliphatic carbocycles. The van der Waals surface area contributed by atoms with Gasteiger partial charge in [-0.3, -0.25) is 4.90 Å². The molecule has 0 saturated heterocycles. The number of aryl methyl sites for hydroxylation is 2. The number of aliphatic hydroxyl groups is 1. The molecule has 0 bridgehead atoms. The summed E-state index contributed by atoms with van der Waals surface area (Å²) in [7, 11) is 3.80. The first-order valence-electron chi connectivity index (χ1n) is 6.78. The first-order valence-corrected chi connectivity index (χ1v) is 6.78. The van der Waals surface area contributed by atoms with E-state index in [2.05, 4.69) is 51.8 Å². The van der Waals surface area contributed by atoms with E-state index in [-0.39, 0.29) is 12.1 Å². The van der Waals surface area contributed by atoms with Crippen molar-refractivity contribution in [2.75, 3.05) is 20.8 Å². The zero-order valence-electron chi connectivity index (χ0n) is 13.1. The fourth-order valence-electron chi connectivity index (χ4n) is 2.10. The van der Waals surface area contributed by atoms with E-state index in [9.17, 15) is 0 Å². The van der Waals surface area contributed by atoms with Gasteiger partial charge in [-0.25, -0.2) is 0 Å². The number of ether oxygens (including phenoxy) is 1. The third-order valence-electron chi connectivity index (χ3n) is 4.06. The number of aliphatic hydroxyl groups excluding tert-OH is 1. The molecule has 0 radical (unpaired) electrons. The number of benzene rings is 1. The Morgan fingerprint density at radius 1 is 1.21 bits per heavy atom. The Kier molecular flexibility index (Phi) is 5.39. The van der Waals surface area contributed by atoms with Gasteiger partial charge in [-0.15, -0.1) is 0 Å². The molecule has 3 heteroatoms. The summed E-state index contributed by atoms with van der Waals surface area (Å²) in [6, 6.07) is 4.29. The molecular formula is C16H27NO2. The van der Waals surface area contributed by atoms with Crippen molar-refractivity contribution < 1.29 is 9.84 Å². The van der Waals surface area contributed by atoms with Crippen LogP contribution in [0.15, 0.2) is 12.1 Å². The van der Waals surface area contributed by atoms with Gasteiger partial charge in [0, 0.05) is 24.3 Å². The highest BCUT2D eigenvalue weighted by Crippen LogP contribution is 2.27. The second-order valence-corrected chi connectivity index (χ2v) is 5.89. The zero-order valence-corrected chi connectivity index (χ0v) is 13.1. The number of rotatable bonds is 6. The first kappa shape index (κ1) is 16.0. The van der Waals surface area contributed by atoms with Crippen LogP contribution in [-0.2, 0) is 6.54 Å². The van der Waals surface area contributed by atoms with Crippen molar-refractivity contribution in [1.29, 1.82) is 0 Å². The number of hydrogen-bond donors (Lipinski definition) is 1. The van der Waals surface area contributed by atoms with Crippen LogP contribution >= 0.6 is 0 Å². The second kappa shape index (κ2) is 6.40. The van der Waals surface area contributed by atoms with Crippen molar-refractivity contribution in [1.82, 2.24) is 4.90 Å². The lowest BCUT2D eigenvalue weighted by molar-refractivity contribution is 0.109. The molecular weight excluding hydrogens is 238 g/mol. The van der Waals surface area contributed by atoms with Gasteiger partial charge < -0.3 is 9.84 Å². The smallest absolute Gasteiger partial charge is 0.123 e. The molecule has 1 rings (SSSR count). The summed E-state index contributed by atoms with van der Waals surface area (Å²) in [5.74, 6) is 0.940. The molecule has 1 aromatic carbocycles. The van der Waals surface area contributed by atoms with Crippen LogP contribution < -0.4 is 4.74 Å². The molecule has 0 spiro atoms. The van der Waals surface area contributed by atoms with Crippen LogP contribution in [-0.4, -0.2) is 36.3 Å². The van der Waals surface area contributed by atoms with E-state index in [1.54, 1.807) is 7.11 Å². The van der Waals surface area contributed by atoms with Gasteiger partial charge in [0.25, 0.3) is 0 Å². The summed E-state index contributed by atoms with van der Waals surface area (Å²) in [6.45, 7) is 9.55. The molecule has 1 N–H and O–H groups in total. The molecule has 0 fully saturated rings. The van der Waals surface area contributed by atoms with Crippen LogP contribution in [0.3, 0.4) is 0 Å². The van der Waals surface area contributed by atoms with Gasteiger partial charge in [-0.1, -0.05) is 6.07 Å². The Balaban J connectivity index is 2.96. The molecule has 0 atom stereocenters. The minimum absolute atomic E-state index is 0.0292. The predicted molar refractivity (Wildman–Crippen MR) is 79.7 cm³/mol. The van der Waals surface area contributed by atoms with Crippen LogP contribution in [0.2, 0.25) is 0 Å². The highest BCUT2D eigenvalue weighted by Gasteiger charge is 2.23. The standard InChI is InChI=1S/C16H27NO2/c1-12-9-14(15(19-6)10-13(12)2)11-17(5)16(3,4)7-8-18/h9-10,18H,7-8,11H2,1-6H3. The van der Waals surface area contributed by atoms with E-state index in [0.29, 0.717) is 0 Å². The molecule has 0 aliphatic heterocycles. The van der Waals surface area contributed by atoms with Crippen molar-refractivity contribution in [2.45, 2.75) is 46.2 Å². The molecule has 1 aromatic rings. The Bertz CT molecular complexity index is 427. The highest BCUT2D eigenvalue weighted by molar-refractivity contribution is 5.41. The molecule has 0 unspecified atom stereocenters. The first-order chi connectivity index (χ1) is 8.81. The minimum atomic E-state index is -0.0292. The molecule has 0 aliphatic rings. The van der Waals surface area contributed by atoms with E-state index in [4.69, 9.17) is 9.84 Å². The lowest BCUT2D eigenvalue weighted by atomic mass is 9.97. The topological polar surface area (TPSA) is 32.7 Å². The van der Waals surface area contributed by atoms with E-state index < -0.39 is 0 Å². The van der Waals surface area contributed by atoms with E-state index >= 15 is 0 Å². The maximum Gasteiger partial charge on any atom is 0.123 e. The third-order valence-corrected chi connectivity index (χ3v) is 4.06. The van der Waals surface area contributed by atoms with Crippen LogP contribution in [0.4, 0.5) is 0 Å². The van der Waals surface area contributed by atoms with Crippen LogP contribution in [0.5, 0.6) is 5.75 Å². The maximum atomic E-state index is 9.15. The van der Waals surface area contributed by atoms with Crippen molar-refractivity contribution in [3.63, 3.8) is 0 Å². The fourth-order valence-corrected chi connectivity index (χ4v) is 2.10. The SMILES string of the molecule is COc1cc(C)c(C)cc1CN(C)C(C)(C)CCO. The van der Waals surface area contributed by atoms with Gasteiger partial charge in [0.15, 0.2) is 0 Å². The largest absolute Gasteiger partial charge is 0.496 e. The minimum Gasteiger partial charge on any atom is -0.496 e. The van der Waals surface area contributed by atoms with Crippen molar-refractivity contribution in [3.05, 3.63) is 28.8 Å². The average Bonchev–Trinajstić information content (AvgIpc) is 2.33. The molecule has 108 valence electrons. The molecule has 19 heavy (non-hydrogen) atoms. The second-order valence-electron chi connectivity index (χ2n) is 5.89. The van der Waals surface area contributed by atoms with Gasteiger partial charge in [-0.05, 0) is 58.4 Å². The van der Waals surface area contributed by atoms with Crippen LogP contribution in [0.1, 0.15) is 37.0 Å². The van der Waals surface area contributed by atoms with Gasteiger partial charge in [0.05, 0.1) is 7.11 Å². The molecule has 3 nitrogen and oxygen atoms in total. The summed E-state index contributed by atoms with van der Waals surface area (Å²) in [4.78, 5) is 2.26. The monoisotopic (exact) mass is 265 g/mol. The van der Waals surface area contributed by atoms with Gasteiger partial charge in [0.1, 0.15) is 5.75 Å². The fraction of sp³-hybridized carbons (Fsp3) is 0.625. The summed E-state index contributed by atoms with van der Waals surface area (Å²) < 4.78 is 5.48. The Labute approximate surface area is 117 Å². The van der Waals surface area contributed by atoms with Gasteiger partial charge >= 0.3 is 0 Å². The maximum absolute atomic E-state index is 9.15. The van der Waals surface area contributed by atoms with E-state index in [1.165, 1.54) is 16.7 Å². The zero-order chi connectivity index (χ0) is 14.6. The Morgan fingerprint density at radius 3 is 2.32 bits per heavy atom. The van der Waals surface area contributed by atoms with E-state index in [1.807, 2.05) is 0 Å². The molecule has 0 amide bonds. The number of methoxy groups -OCH3 is 1. The van der Waals surface area contributed by atoms with Crippen molar-refractivity contribution in [2.24, 2.45) is 0 Å². The lowest BCUT2D eigenvalue weighted by Crippen LogP contribution is -2.41. The van der Waals surface area contributed by atoms with Crippen LogP contribution in [0, 0.1) is 13.8 Å². The quantitative estimate of drug-likeness (QED) is 0.858. The van der Waals surface area contributed by atoms with Gasteiger partial charge in [-0.2, -0.15) is 0 Å². The highest BCUT2D eigenvalue weighted by atomic mass is 16.5. The number of hydrogen-bond acceptors (Lipinski definition) is 3. The third kappa shape index (κ3) is 3.95. The Hall–Kier alpha value is -1.06. The summed E-state index contributed by atoms with van der Waals surface area (Å²) in [5.41, 5.74) is 3.69. The predicted octanol–water partition coefficient (Wildman–Crippen LogP) is 2.90. The summed E-state index contributed by atoms with van der Waals surface area (Å²) in [5, 5.41) is 9.15. The van der Waals surface area contributed by atoms with Crippen molar-refractivity contribution in [3.8, 4) is 5.75 Å². The molecule has 0 heterocycles. The average molecular weight is 265 g/mol. The molecule has 0 aromatic heterocycles. The van der Waals surface area contributed by atoms with Crippen molar-refractivity contribution >= 4 is 0 Å². The van der Waals surface area contributed by atoms with Gasteiger partial charge in [0.2, 0.25) is 0 Å². The number of nitrogens with zero attached hydrogens (tertiary/aromatic N) is 1. The summed E-state index contributed by atoms with van der Waals surface area (Å²) >= 11 is 0. The summed E-state index contributed by atoms with van der Waals surface area (Å²) in [6.07, 6.45) is 0.761. The molecule has 0 saturated carbocycles. The van der Waals surface area contributed by atoms with E-state index in [0.717, 1.165) is 18.7 Å². The Morgan fingerprint density at radius 2 is 1.79 bits per heavy atom. The van der Waals surface area contributed by atoms with Crippen LogP contribution in [0.25, 0.3) is 0 Å². The normalized spacial score (nSPS) is 12.0. The lowest BCUT2D eigenvalue weighted by Gasteiger charge is -2.35.